The monoisotopic (exact) mass is 407 g/mol. The molecule has 3 N–H and O–H groups in total. The summed E-state index contributed by atoms with van der Waals surface area (Å²) in [6.45, 7) is 3.76. The highest BCUT2D eigenvalue weighted by molar-refractivity contribution is 5.91. The first-order valence-electron chi connectivity index (χ1n) is 9.50. The topological polar surface area (TPSA) is 120 Å². The lowest BCUT2D eigenvalue weighted by molar-refractivity contribution is -0.117. The van der Waals surface area contributed by atoms with Gasteiger partial charge in [-0.3, -0.25) is 25.0 Å². The Balaban J connectivity index is 1.97. The molecule has 2 aromatic heterocycles. The standard InChI is InChI=1S/C21H25N7O2/c1-13(2)20-17-9-15(26(3)4)6-7-16(17)21(30)28(25-20)11-19(29)24-14-5-8-18(23)27(10-14)12-22/h5-10,12-13,22-23H,11H2,1-4H3,(H,24,29). The molecule has 1 aromatic carbocycles. The van der Waals surface area contributed by atoms with Crippen molar-refractivity contribution in [3.63, 3.8) is 0 Å². The molecule has 2 heterocycles. The maximum atomic E-state index is 13.0. The van der Waals surface area contributed by atoms with E-state index in [2.05, 4.69) is 10.4 Å². The second-order valence-corrected chi connectivity index (χ2v) is 7.51. The first-order chi connectivity index (χ1) is 14.2. The van der Waals surface area contributed by atoms with E-state index in [9.17, 15) is 9.59 Å². The third-order valence-corrected chi connectivity index (χ3v) is 4.73. The summed E-state index contributed by atoms with van der Waals surface area (Å²) in [6.07, 6.45) is 2.44. The van der Waals surface area contributed by atoms with Crippen LogP contribution in [0.25, 0.3) is 10.8 Å². The van der Waals surface area contributed by atoms with Crippen LogP contribution < -0.4 is 21.3 Å². The van der Waals surface area contributed by atoms with Gasteiger partial charge in [0, 0.05) is 31.4 Å². The molecule has 0 atom stereocenters. The van der Waals surface area contributed by atoms with Crippen LogP contribution in [0.3, 0.4) is 0 Å². The lowest BCUT2D eigenvalue weighted by Crippen LogP contribution is -2.31. The quantitative estimate of drug-likeness (QED) is 0.427. The van der Waals surface area contributed by atoms with Gasteiger partial charge in [0.15, 0.2) is 0 Å². The van der Waals surface area contributed by atoms with Gasteiger partial charge in [-0.2, -0.15) is 5.10 Å². The highest BCUT2D eigenvalue weighted by atomic mass is 16.2. The highest BCUT2D eigenvalue weighted by Gasteiger charge is 2.16. The summed E-state index contributed by atoms with van der Waals surface area (Å²) >= 11 is 0. The molecule has 0 aliphatic heterocycles. The third-order valence-electron chi connectivity index (χ3n) is 4.73. The van der Waals surface area contributed by atoms with E-state index in [4.69, 9.17) is 10.8 Å². The summed E-state index contributed by atoms with van der Waals surface area (Å²) in [5.41, 5.74) is 1.94. The van der Waals surface area contributed by atoms with Crippen LogP contribution in [-0.2, 0) is 11.3 Å². The maximum Gasteiger partial charge on any atom is 0.275 e. The zero-order valence-corrected chi connectivity index (χ0v) is 17.4. The van der Waals surface area contributed by atoms with Crippen molar-refractivity contribution in [3.8, 4) is 0 Å². The smallest absolute Gasteiger partial charge is 0.275 e. The van der Waals surface area contributed by atoms with Crippen molar-refractivity contribution in [1.29, 1.82) is 10.8 Å². The minimum Gasteiger partial charge on any atom is -0.378 e. The molecule has 0 saturated heterocycles. The molecule has 30 heavy (non-hydrogen) atoms. The summed E-state index contributed by atoms with van der Waals surface area (Å²) < 4.78 is 2.45. The van der Waals surface area contributed by atoms with Crippen molar-refractivity contribution in [2.45, 2.75) is 26.3 Å². The van der Waals surface area contributed by atoms with E-state index in [0.717, 1.165) is 23.1 Å². The van der Waals surface area contributed by atoms with Crippen LogP contribution in [0.5, 0.6) is 0 Å². The SMILES string of the molecule is CC(C)c1nn(CC(=O)Nc2ccc(=N)n(C=N)c2)c(=O)c2ccc(N(C)C)cc12. The van der Waals surface area contributed by atoms with Gasteiger partial charge >= 0.3 is 0 Å². The van der Waals surface area contributed by atoms with Crippen LogP contribution in [0.2, 0.25) is 0 Å². The Labute approximate surface area is 173 Å². The molecule has 3 rings (SSSR count). The molecule has 0 radical (unpaired) electrons. The van der Waals surface area contributed by atoms with Gasteiger partial charge in [-0.1, -0.05) is 13.8 Å². The fourth-order valence-electron chi connectivity index (χ4n) is 3.15. The lowest BCUT2D eigenvalue weighted by atomic mass is 10.0. The fraction of sp³-hybridized carbons (Fsp3) is 0.286. The first kappa shape index (κ1) is 21.0. The third kappa shape index (κ3) is 4.14. The second-order valence-electron chi connectivity index (χ2n) is 7.51. The van der Waals surface area contributed by atoms with Gasteiger partial charge in [-0.05, 0) is 36.2 Å². The predicted molar refractivity (Wildman–Crippen MR) is 118 cm³/mol. The zero-order chi connectivity index (χ0) is 22.0. The van der Waals surface area contributed by atoms with Crippen molar-refractivity contribution in [2.75, 3.05) is 24.3 Å². The Morgan fingerprint density at radius 2 is 1.97 bits per heavy atom. The van der Waals surface area contributed by atoms with Gasteiger partial charge in [0.2, 0.25) is 5.91 Å². The minimum atomic E-state index is -0.419. The van der Waals surface area contributed by atoms with Crippen molar-refractivity contribution in [3.05, 3.63) is 58.1 Å². The Morgan fingerprint density at radius 3 is 2.60 bits per heavy atom. The van der Waals surface area contributed by atoms with Crippen LogP contribution in [0, 0.1) is 10.8 Å². The predicted octanol–water partition coefficient (Wildman–Crippen LogP) is 1.96. The van der Waals surface area contributed by atoms with Gasteiger partial charge in [0.25, 0.3) is 5.56 Å². The zero-order valence-electron chi connectivity index (χ0n) is 17.4. The Hall–Kier alpha value is -3.75. The van der Waals surface area contributed by atoms with E-state index >= 15 is 0 Å². The second kappa shape index (κ2) is 8.32. The van der Waals surface area contributed by atoms with E-state index in [1.165, 1.54) is 21.5 Å². The number of aromatic nitrogens is 3. The summed E-state index contributed by atoms with van der Waals surface area (Å²) in [4.78, 5) is 27.5. The van der Waals surface area contributed by atoms with Gasteiger partial charge in [0.05, 0.1) is 23.1 Å². The summed E-state index contributed by atoms with van der Waals surface area (Å²) in [5.74, 6) is -0.353. The van der Waals surface area contributed by atoms with E-state index in [-0.39, 0.29) is 23.5 Å². The number of amides is 1. The molecule has 9 heteroatoms. The number of nitrogens with zero attached hydrogens (tertiary/aromatic N) is 4. The number of pyridine rings is 1. The number of carbonyl (C=O) groups excluding carboxylic acids is 1. The summed E-state index contributed by atoms with van der Waals surface area (Å²) in [7, 11) is 3.87. The Bertz CT molecular complexity index is 1240. The van der Waals surface area contributed by atoms with Gasteiger partial charge < -0.3 is 10.2 Å². The highest BCUT2D eigenvalue weighted by Crippen LogP contribution is 2.25. The lowest BCUT2D eigenvalue weighted by Gasteiger charge is -2.17. The Morgan fingerprint density at radius 1 is 1.23 bits per heavy atom. The normalized spacial score (nSPS) is 11.0. The molecular formula is C21H25N7O2. The van der Waals surface area contributed by atoms with Crippen LogP contribution in [-0.4, -0.2) is 40.7 Å². The molecule has 0 unspecified atom stereocenters. The molecule has 0 aliphatic carbocycles. The average Bonchev–Trinajstić information content (AvgIpc) is 2.70. The molecule has 0 fully saturated rings. The van der Waals surface area contributed by atoms with Crippen molar-refractivity contribution in [1.82, 2.24) is 14.3 Å². The van der Waals surface area contributed by atoms with Crippen molar-refractivity contribution in [2.24, 2.45) is 0 Å². The minimum absolute atomic E-state index is 0.0657. The summed E-state index contributed by atoms with van der Waals surface area (Å²) in [5, 5.41) is 23.5. The fourth-order valence-corrected chi connectivity index (χ4v) is 3.15. The molecular weight excluding hydrogens is 382 g/mol. The molecule has 0 aliphatic rings. The first-order valence-corrected chi connectivity index (χ1v) is 9.50. The molecule has 0 saturated carbocycles. The average molecular weight is 407 g/mol. The number of hydrogen-bond acceptors (Lipinski definition) is 6. The molecule has 3 aromatic rings. The van der Waals surface area contributed by atoms with Crippen LogP contribution in [0.1, 0.15) is 25.5 Å². The van der Waals surface area contributed by atoms with Crippen molar-refractivity contribution < 1.29 is 4.79 Å². The number of rotatable bonds is 6. The Kier molecular flexibility index (Phi) is 5.81. The summed E-state index contributed by atoms with van der Waals surface area (Å²) in [6, 6.07) is 8.63. The number of anilines is 2. The van der Waals surface area contributed by atoms with Crippen molar-refractivity contribution >= 4 is 34.4 Å². The van der Waals surface area contributed by atoms with Crippen LogP contribution >= 0.6 is 0 Å². The number of benzene rings is 1. The molecule has 0 spiro atoms. The van der Waals surface area contributed by atoms with E-state index in [0.29, 0.717) is 11.1 Å². The molecule has 1 amide bonds. The molecule has 0 bridgehead atoms. The largest absolute Gasteiger partial charge is 0.378 e. The van der Waals surface area contributed by atoms with E-state index < -0.39 is 5.91 Å². The van der Waals surface area contributed by atoms with Crippen LogP contribution in [0.15, 0.2) is 41.3 Å². The van der Waals surface area contributed by atoms with E-state index in [1.807, 2.05) is 45.0 Å². The maximum absolute atomic E-state index is 13.0. The van der Waals surface area contributed by atoms with Gasteiger partial charge in [-0.25, -0.2) is 4.68 Å². The number of hydrogen-bond donors (Lipinski definition) is 3. The number of fused-ring (bicyclic) bond motifs is 1. The van der Waals surface area contributed by atoms with Gasteiger partial charge in [-0.15, -0.1) is 0 Å². The number of nitrogens with one attached hydrogen (secondary N) is 3. The van der Waals surface area contributed by atoms with E-state index in [1.54, 1.807) is 12.1 Å². The molecule has 9 nitrogen and oxygen atoms in total. The van der Waals surface area contributed by atoms with Gasteiger partial charge in [0.1, 0.15) is 12.0 Å². The molecule has 156 valence electrons. The van der Waals surface area contributed by atoms with Crippen LogP contribution in [0.4, 0.5) is 11.4 Å². The number of carbonyl (C=O) groups is 1.